The number of esters is 1. The molecule has 1 rings (SSSR count). The van der Waals surface area contributed by atoms with Crippen LogP contribution in [0.5, 0.6) is 0 Å². The molecule has 0 aliphatic carbocycles. The van der Waals surface area contributed by atoms with Crippen LogP contribution in [0.3, 0.4) is 0 Å². The van der Waals surface area contributed by atoms with Crippen molar-refractivity contribution < 1.29 is 9.53 Å². The summed E-state index contributed by atoms with van der Waals surface area (Å²) in [4.78, 5) is 10.1. The average molecular weight is 111 g/mol. The lowest BCUT2D eigenvalue weighted by atomic mass is 10.1. The number of nitriles is 1. The van der Waals surface area contributed by atoms with E-state index in [0.29, 0.717) is 12.8 Å². The van der Waals surface area contributed by atoms with Crippen LogP contribution in [-0.4, -0.2) is 12.1 Å². The van der Waals surface area contributed by atoms with Gasteiger partial charge in [0.1, 0.15) is 6.10 Å². The number of cyclic esters (lactones) is 1. The summed E-state index contributed by atoms with van der Waals surface area (Å²) in [7, 11) is 0. The van der Waals surface area contributed by atoms with Crippen molar-refractivity contribution in [1.29, 1.82) is 5.26 Å². The average Bonchev–Trinajstić information content (AvgIpc) is 1.64. The van der Waals surface area contributed by atoms with Gasteiger partial charge in [0, 0.05) is 0 Å². The molecule has 0 aromatic rings. The molecule has 1 saturated heterocycles. The highest BCUT2D eigenvalue weighted by Gasteiger charge is 2.27. The molecule has 0 aromatic carbocycles. The number of hydrogen-bond acceptors (Lipinski definition) is 3. The summed E-state index contributed by atoms with van der Waals surface area (Å²) in [6.07, 6.45) is 0.659. The second-order valence-electron chi connectivity index (χ2n) is 1.68. The van der Waals surface area contributed by atoms with Gasteiger partial charge in [-0.3, -0.25) is 4.79 Å². The Labute approximate surface area is 46.9 Å². The summed E-state index contributed by atoms with van der Waals surface area (Å²) in [5.41, 5.74) is 0. The van der Waals surface area contributed by atoms with E-state index in [0.717, 1.165) is 0 Å². The van der Waals surface area contributed by atoms with E-state index in [4.69, 9.17) is 5.26 Å². The molecule has 0 saturated carbocycles. The molecule has 0 N–H and O–H groups in total. The Kier molecular flexibility index (Phi) is 1.17. The highest BCUT2D eigenvalue weighted by atomic mass is 16.6. The maximum Gasteiger partial charge on any atom is 0.309 e. The number of ether oxygens (including phenoxy) is 1. The highest BCUT2D eigenvalue weighted by Crippen LogP contribution is 2.15. The van der Waals surface area contributed by atoms with E-state index in [1.807, 2.05) is 6.07 Å². The van der Waals surface area contributed by atoms with Crippen molar-refractivity contribution >= 4 is 5.97 Å². The summed E-state index contributed by atoms with van der Waals surface area (Å²) >= 11 is 0. The summed E-state index contributed by atoms with van der Waals surface area (Å²) in [5.74, 6) is -0.190. The summed E-state index contributed by atoms with van der Waals surface area (Å²) in [6, 6.07) is 1.91. The van der Waals surface area contributed by atoms with Crippen molar-refractivity contribution in [2.24, 2.45) is 0 Å². The summed E-state index contributed by atoms with van der Waals surface area (Å²) in [5, 5.41) is 8.05. The zero-order valence-corrected chi connectivity index (χ0v) is 4.26. The maximum absolute atomic E-state index is 10.1. The van der Waals surface area contributed by atoms with E-state index in [9.17, 15) is 4.79 Å². The maximum atomic E-state index is 10.1. The Morgan fingerprint density at radius 2 is 2.62 bits per heavy atom. The van der Waals surface area contributed by atoms with Gasteiger partial charge in [-0.25, -0.2) is 0 Å². The van der Waals surface area contributed by atoms with E-state index < -0.39 is 0 Å². The molecule has 1 atom stereocenters. The fourth-order valence-electron chi connectivity index (χ4n) is 0.578. The molecule has 8 heavy (non-hydrogen) atoms. The van der Waals surface area contributed by atoms with Crippen molar-refractivity contribution in [3.63, 3.8) is 0 Å². The Morgan fingerprint density at radius 3 is 3.00 bits per heavy atom. The van der Waals surface area contributed by atoms with Crippen LogP contribution in [-0.2, 0) is 9.53 Å². The van der Waals surface area contributed by atoms with Crippen molar-refractivity contribution in [2.75, 3.05) is 0 Å². The quantitative estimate of drug-likeness (QED) is 0.454. The first-order chi connectivity index (χ1) is 3.83. The minimum atomic E-state index is -0.190. The molecule has 1 aliphatic heterocycles. The van der Waals surface area contributed by atoms with Gasteiger partial charge in [0.15, 0.2) is 0 Å². The molecule has 1 unspecified atom stereocenters. The van der Waals surface area contributed by atoms with Crippen LogP contribution >= 0.6 is 0 Å². The number of nitrogens with zero attached hydrogens (tertiary/aromatic N) is 1. The van der Waals surface area contributed by atoms with Gasteiger partial charge in [-0.15, -0.1) is 0 Å². The second kappa shape index (κ2) is 1.83. The van der Waals surface area contributed by atoms with Crippen LogP contribution in [0.25, 0.3) is 0 Å². The molecule has 1 heterocycles. The smallest absolute Gasteiger partial charge is 0.309 e. The highest BCUT2D eigenvalue weighted by molar-refractivity contribution is 5.75. The minimum Gasteiger partial charge on any atom is -0.461 e. The largest absolute Gasteiger partial charge is 0.461 e. The lowest BCUT2D eigenvalue weighted by molar-refractivity contribution is -0.168. The van der Waals surface area contributed by atoms with Crippen LogP contribution in [0, 0.1) is 11.3 Å². The van der Waals surface area contributed by atoms with E-state index >= 15 is 0 Å². The Hall–Kier alpha value is -1.04. The number of carbonyl (C=O) groups excluding carboxylic acids is 1. The topological polar surface area (TPSA) is 50.1 Å². The molecule has 0 amide bonds. The predicted molar refractivity (Wildman–Crippen MR) is 24.7 cm³/mol. The fraction of sp³-hybridized carbons (Fsp3) is 0.600. The van der Waals surface area contributed by atoms with Gasteiger partial charge >= 0.3 is 5.97 Å². The van der Waals surface area contributed by atoms with E-state index in [1.165, 1.54) is 0 Å². The molecule has 0 bridgehead atoms. The lowest BCUT2D eigenvalue weighted by Crippen LogP contribution is -2.31. The van der Waals surface area contributed by atoms with Gasteiger partial charge in [0.2, 0.25) is 0 Å². The van der Waals surface area contributed by atoms with Gasteiger partial charge < -0.3 is 4.74 Å². The van der Waals surface area contributed by atoms with Crippen molar-refractivity contribution in [3.05, 3.63) is 0 Å². The first-order valence-corrected chi connectivity index (χ1v) is 2.39. The third-order valence-electron chi connectivity index (χ3n) is 1.01. The van der Waals surface area contributed by atoms with Crippen molar-refractivity contribution in [3.8, 4) is 6.07 Å². The second-order valence-corrected chi connectivity index (χ2v) is 1.68. The molecule has 3 heteroatoms. The molecule has 0 radical (unpaired) electrons. The monoisotopic (exact) mass is 111 g/mol. The van der Waals surface area contributed by atoms with Gasteiger partial charge in [0.05, 0.1) is 18.9 Å². The van der Waals surface area contributed by atoms with Crippen molar-refractivity contribution in [2.45, 2.75) is 18.9 Å². The molecule has 0 spiro atoms. The SMILES string of the molecule is N#CCC1CC(=O)O1. The molecule has 42 valence electrons. The lowest BCUT2D eigenvalue weighted by Gasteiger charge is -2.22. The first-order valence-electron chi connectivity index (χ1n) is 2.39. The minimum absolute atomic E-state index is 0.104. The third kappa shape index (κ3) is 0.784. The number of carbonyl (C=O) groups is 1. The van der Waals surface area contributed by atoms with Gasteiger partial charge in [-0.1, -0.05) is 0 Å². The van der Waals surface area contributed by atoms with E-state index in [-0.39, 0.29) is 12.1 Å². The number of hydrogen-bond donors (Lipinski definition) is 0. The zero-order valence-electron chi connectivity index (χ0n) is 4.26. The van der Waals surface area contributed by atoms with Gasteiger partial charge in [-0.2, -0.15) is 5.26 Å². The van der Waals surface area contributed by atoms with E-state index in [1.54, 1.807) is 0 Å². The van der Waals surface area contributed by atoms with Crippen LogP contribution in [0.15, 0.2) is 0 Å². The van der Waals surface area contributed by atoms with Gasteiger partial charge in [0.25, 0.3) is 0 Å². The molecule has 0 aromatic heterocycles. The summed E-state index contributed by atoms with van der Waals surface area (Å²) < 4.78 is 4.52. The molecule has 1 fully saturated rings. The first kappa shape index (κ1) is 5.10. The van der Waals surface area contributed by atoms with Crippen molar-refractivity contribution in [1.82, 2.24) is 0 Å². The molecular weight excluding hydrogens is 106 g/mol. The molecule has 3 nitrogen and oxygen atoms in total. The third-order valence-corrected chi connectivity index (χ3v) is 1.01. The Balaban J connectivity index is 2.18. The van der Waals surface area contributed by atoms with Crippen LogP contribution in [0.1, 0.15) is 12.8 Å². The Bertz CT molecular complexity index is 139. The fourth-order valence-corrected chi connectivity index (χ4v) is 0.578. The molecular formula is C5H5NO2. The molecule has 1 aliphatic rings. The summed E-state index contributed by atoms with van der Waals surface area (Å²) in [6.45, 7) is 0. The van der Waals surface area contributed by atoms with Crippen LogP contribution in [0.4, 0.5) is 0 Å². The van der Waals surface area contributed by atoms with E-state index in [2.05, 4.69) is 4.74 Å². The van der Waals surface area contributed by atoms with Gasteiger partial charge in [-0.05, 0) is 0 Å². The predicted octanol–water partition coefficient (Wildman–Crippen LogP) is 0.216. The van der Waals surface area contributed by atoms with Crippen LogP contribution in [0.2, 0.25) is 0 Å². The normalized spacial score (nSPS) is 25.4. The Morgan fingerprint density at radius 1 is 2.00 bits per heavy atom. The number of rotatable bonds is 1. The van der Waals surface area contributed by atoms with Crippen LogP contribution < -0.4 is 0 Å². The zero-order chi connectivity index (χ0) is 5.98. The standard InChI is InChI=1S/C5H5NO2/c6-2-1-4-3-5(7)8-4/h4H,1,3H2.